The maximum Gasteiger partial charge on any atom is 0.210 e. The number of aliphatic imine (C=N–C) groups is 1. The molecule has 2 bridgehead atoms. The van der Waals surface area contributed by atoms with Crippen LogP contribution in [0.25, 0.3) is 0 Å². The first-order valence-corrected chi connectivity index (χ1v) is 9.90. The third-order valence-electron chi connectivity index (χ3n) is 5.35. The van der Waals surface area contributed by atoms with Gasteiger partial charge in [-0.15, -0.1) is 0 Å². The Morgan fingerprint density at radius 3 is 2.72 bits per heavy atom. The predicted molar refractivity (Wildman–Crippen MR) is 106 cm³/mol. The van der Waals surface area contributed by atoms with Crippen molar-refractivity contribution in [2.75, 3.05) is 0 Å². The van der Waals surface area contributed by atoms with Crippen LogP contribution in [0, 0.1) is 5.92 Å². The van der Waals surface area contributed by atoms with Crippen LogP contribution in [0.2, 0.25) is 5.02 Å². The lowest BCUT2D eigenvalue weighted by Gasteiger charge is -2.50. The van der Waals surface area contributed by atoms with Crippen LogP contribution in [0.4, 0.5) is 0 Å². The second kappa shape index (κ2) is 7.13. The molecule has 7 heteroatoms. The number of benzene rings is 1. The lowest BCUT2D eigenvalue weighted by atomic mass is 9.64. The average Bonchev–Trinajstić information content (AvgIpc) is 2.57. The highest BCUT2D eigenvalue weighted by molar-refractivity contribution is 14.1. The zero-order valence-corrected chi connectivity index (χ0v) is 17.1. The van der Waals surface area contributed by atoms with Crippen molar-refractivity contribution in [2.45, 2.75) is 56.4 Å². The number of Topliss-reactive ketones (excluding diaryl/α,β-unsaturated/α-hetero) is 1. The monoisotopic (exact) mass is 476 g/mol. The number of carbonyl (C=O) groups is 1. The SMILES string of the molecule is CC(C)C(O)C(NI)C12CCCC(c3ccccc3Cl)(N=CO1)C2=O. The van der Waals surface area contributed by atoms with Gasteiger partial charge in [0.2, 0.25) is 5.78 Å². The van der Waals surface area contributed by atoms with Crippen molar-refractivity contribution in [1.29, 1.82) is 0 Å². The molecule has 1 saturated carbocycles. The molecule has 1 aliphatic carbocycles. The Bertz CT molecular complexity index is 699. The first-order chi connectivity index (χ1) is 11.9. The number of rotatable bonds is 5. The molecule has 4 unspecified atom stereocenters. The second-order valence-electron chi connectivity index (χ2n) is 7.09. The van der Waals surface area contributed by atoms with E-state index < -0.39 is 23.3 Å². The zero-order chi connectivity index (χ0) is 18.2. The molecule has 3 rings (SSSR count). The maximum atomic E-state index is 13.7. The fourth-order valence-corrected chi connectivity index (χ4v) is 5.10. The Balaban J connectivity index is 2.11. The standard InChI is InChI=1S/C18H22ClIN2O3/c1-11(2)14(23)15(22-20)18-9-5-8-17(16(18)24,21-10-25-18)12-6-3-4-7-13(12)19/h3-4,6-7,10-11,14-15,22-23H,5,8-9H2,1-2H3. The Morgan fingerprint density at radius 2 is 2.08 bits per heavy atom. The Morgan fingerprint density at radius 1 is 1.36 bits per heavy atom. The number of ether oxygens (including phenoxy) is 1. The summed E-state index contributed by atoms with van der Waals surface area (Å²) in [5, 5.41) is 11.2. The van der Waals surface area contributed by atoms with Gasteiger partial charge in [0.15, 0.2) is 17.5 Å². The number of aliphatic hydroxyl groups excluding tert-OH is 1. The summed E-state index contributed by atoms with van der Waals surface area (Å²) in [5.74, 6) is -0.149. The highest BCUT2D eigenvalue weighted by Gasteiger charge is 2.62. The summed E-state index contributed by atoms with van der Waals surface area (Å²) in [7, 11) is 0. The highest BCUT2D eigenvalue weighted by atomic mass is 127. The fourth-order valence-electron chi connectivity index (χ4n) is 3.94. The molecule has 1 aliphatic heterocycles. The number of nitrogens with one attached hydrogen (secondary N) is 1. The van der Waals surface area contributed by atoms with E-state index in [1.54, 1.807) is 6.07 Å². The summed E-state index contributed by atoms with van der Waals surface area (Å²) in [4.78, 5) is 18.1. The van der Waals surface area contributed by atoms with E-state index in [1.807, 2.05) is 54.9 Å². The van der Waals surface area contributed by atoms with Gasteiger partial charge in [0, 0.05) is 33.5 Å². The van der Waals surface area contributed by atoms with Gasteiger partial charge in [-0.3, -0.25) is 8.32 Å². The van der Waals surface area contributed by atoms with Crippen molar-refractivity contribution >= 4 is 46.6 Å². The van der Waals surface area contributed by atoms with Crippen LogP contribution >= 0.6 is 34.5 Å². The van der Waals surface area contributed by atoms with E-state index in [0.29, 0.717) is 23.4 Å². The summed E-state index contributed by atoms with van der Waals surface area (Å²) in [6.45, 7) is 3.85. The van der Waals surface area contributed by atoms with E-state index in [4.69, 9.17) is 16.3 Å². The van der Waals surface area contributed by atoms with E-state index in [0.717, 1.165) is 6.42 Å². The summed E-state index contributed by atoms with van der Waals surface area (Å²) >= 11 is 8.39. The third kappa shape index (κ3) is 2.91. The van der Waals surface area contributed by atoms with E-state index in [1.165, 1.54) is 6.40 Å². The van der Waals surface area contributed by atoms with Gasteiger partial charge in [-0.05, 0) is 31.2 Å². The van der Waals surface area contributed by atoms with Gasteiger partial charge >= 0.3 is 0 Å². The largest absolute Gasteiger partial charge is 0.467 e. The summed E-state index contributed by atoms with van der Waals surface area (Å²) in [6.07, 6.45) is 2.53. The van der Waals surface area contributed by atoms with Gasteiger partial charge in [-0.2, -0.15) is 0 Å². The quantitative estimate of drug-likeness (QED) is 0.505. The minimum atomic E-state index is -1.15. The van der Waals surface area contributed by atoms with Crippen LogP contribution < -0.4 is 3.53 Å². The van der Waals surface area contributed by atoms with Gasteiger partial charge < -0.3 is 9.84 Å². The molecule has 2 N–H and O–H groups in total. The maximum absolute atomic E-state index is 13.7. The van der Waals surface area contributed by atoms with E-state index in [9.17, 15) is 9.90 Å². The molecule has 0 spiro atoms. The number of carbonyl (C=O) groups excluding carboxylic acids is 1. The normalized spacial score (nSPS) is 30.9. The van der Waals surface area contributed by atoms with Gasteiger partial charge in [0.05, 0.1) is 12.1 Å². The number of hydrogen-bond acceptors (Lipinski definition) is 5. The van der Waals surface area contributed by atoms with Crippen molar-refractivity contribution in [3.63, 3.8) is 0 Å². The molecule has 0 saturated heterocycles. The Hall–Kier alpha value is -0.700. The molecule has 0 amide bonds. The molecule has 4 atom stereocenters. The van der Waals surface area contributed by atoms with Crippen LogP contribution in [0.1, 0.15) is 38.7 Å². The van der Waals surface area contributed by atoms with E-state index >= 15 is 0 Å². The molecular weight excluding hydrogens is 455 g/mol. The minimum Gasteiger partial charge on any atom is -0.467 e. The Kier molecular flexibility index (Phi) is 5.44. The third-order valence-corrected chi connectivity index (χ3v) is 6.35. The number of halogens is 2. The van der Waals surface area contributed by atoms with Gasteiger partial charge in [-0.25, -0.2) is 4.99 Å². The van der Waals surface area contributed by atoms with Crippen molar-refractivity contribution in [2.24, 2.45) is 10.9 Å². The first-order valence-electron chi connectivity index (χ1n) is 8.45. The smallest absolute Gasteiger partial charge is 0.210 e. The van der Waals surface area contributed by atoms with Crippen LogP contribution in [-0.2, 0) is 15.1 Å². The second-order valence-corrected chi connectivity index (χ2v) is 8.12. The van der Waals surface area contributed by atoms with Crippen LogP contribution in [0.5, 0.6) is 0 Å². The summed E-state index contributed by atoms with van der Waals surface area (Å²) < 4.78 is 8.94. The van der Waals surface area contributed by atoms with Crippen LogP contribution in [-0.4, -0.2) is 35.0 Å². The molecule has 25 heavy (non-hydrogen) atoms. The molecule has 5 nitrogen and oxygen atoms in total. The number of ketones is 1. The molecule has 136 valence electrons. The first kappa shape index (κ1) is 19.1. The van der Waals surface area contributed by atoms with Crippen molar-refractivity contribution < 1.29 is 14.6 Å². The summed E-state index contributed by atoms with van der Waals surface area (Å²) in [5.41, 5.74) is -1.49. The van der Waals surface area contributed by atoms with Gasteiger partial charge in [-0.1, -0.05) is 43.6 Å². The molecule has 0 aromatic heterocycles. The molecule has 0 radical (unpaired) electrons. The predicted octanol–water partition coefficient (Wildman–Crippen LogP) is 3.41. The van der Waals surface area contributed by atoms with Crippen molar-refractivity contribution in [1.82, 2.24) is 3.53 Å². The summed E-state index contributed by atoms with van der Waals surface area (Å²) in [6, 6.07) is 6.79. The molecule has 1 aromatic rings. The highest BCUT2D eigenvalue weighted by Crippen LogP contribution is 2.49. The molecular formula is C18H22ClIN2O3. The lowest BCUT2D eigenvalue weighted by molar-refractivity contribution is -0.156. The average molecular weight is 477 g/mol. The van der Waals surface area contributed by atoms with Crippen molar-refractivity contribution in [3.05, 3.63) is 34.9 Å². The van der Waals surface area contributed by atoms with E-state index in [-0.39, 0.29) is 11.7 Å². The zero-order valence-electron chi connectivity index (χ0n) is 14.2. The number of hydrogen-bond donors (Lipinski definition) is 2. The number of nitrogens with zero attached hydrogens (tertiary/aromatic N) is 1. The lowest BCUT2D eigenvalue weighted by Crippen LogP contribution is -2.68. The molecule has 1 aromatic carbocycles. The van der Waals surface area contributed by atoms with Gasteiger partial charge in [0.1, 0.15) is 0 Å². The van der Waals surface area contributed by atoms with Crippen LogP contribution in [0.3, 0.4) is 0 Å². The molecule has 1 fully saturated rings. The number of aliphatic hydroxyl groups is 1. The van der Waals surface area contributed by atoms with Crippen LogP contribution in [0.15, 0.2) is 29.3 Å². The Labute approximate surface area is 166 Å². The topological polar surface area (TPSA) is 70.9 Å². The molecule has 1 heterocycles. The number of fused-ring (bicyclic) bond motifs is 2. The van der Waals surface area contributed by atoms with Gasteiger partial charge in [0.25, 0.3) is 0 Å². The fraction of sp³-hybridized carbons (Fsp3) is 0.556. The molecule has 2 aliphatic rings. The van der Waals surface area contributed by atoms with E-state index in [2.05, 4.69) is 8.52 Å². The minimum absolute atomic E-state index is 0.0199. The van der Waals surface area contributed by atoms with Crippen molar-refractivity contribution in [3.8, 4) is 0 Å².